The van der Waals surface area contributed by atoms with Gasteiger partial charge in [-0.25, -0.2) is 9.67 Å². The number of aromatic nitrogens is 3. The smallest absolute Gasteiger partial charge is 0.388 e. The van der Waals surface area contributed by atoms with Gasteiger partial charge in [-0.05, 0) is 0 Å². The van der Waals surface area contributed by atoms with Gasteiger partial charge >= 0.3 is 6.18 Å². The molecule has 14 heavy (non-hydrogen) atoms. The highest BCUT2D eigenvalue weighted by Gasteiger charge is 2.29. The van der Waals surface area contributed by atoms with Crippen LogP contribution in [0.4, 0.5) is 13.2 Å². The van der Waals surface area contributed by atoms with Gasteiger partial charge in [-0.2, -0.15) is 18.3 Å². The second kappa shape index (κ2) is 3.95. The molecule has 0 fully saturated rings. The van der Waals surface area contributed by atoms with Gasteiger partial charge in [0.1, 0.15) is 19.0 Å². The van der Waals surface area contributed by atoms with Crippen molar-refractivity contribution in [1.29, 1.82) is 0 Å². The topological polar surface area (TPSA) is 50.9 Å². The Hall–Kier alpha value is -1.11. The van der Waals surface area contributed by atoms with Gasteiger partial charge in [0.15, 0.2) is 5.82 Å². The van der Waals surface area contributed by atoms with E-state index in [0.717, 1.165) is 4.68 Å². The zero-order valence-electron chi connectivity index (χ0n) is 7.54. The Morgan fingerprint density at radius 1 is 1.43 bits per heavy atom. The summed E-state index contributed by atoms with van der Waals surface area (Å²) in [6.07, 6.45) is -3.96. The lowest BCUT2D eigenvalue weighted by atomic mass is 10.4. The standard InChI is InChI=1S/C7H10F3N3O/c1-2-6-11-5(3-14)12-13(6)4-7(8,9)10/h14H,2-4H2,1H3. The number of nitrogens with zero attached hydrogens (tertiary/aromatic N) is 3. The van der Waals surface area contributed by atoms with Crippen molar-refractivity contribution in [2.45, 2.75) is 32.7 Å². The highest BCUT2D eigenvalue weighted by molar-refractivity contribution is 4.92. The fraction of sp³-hybridized carbons (Fsp3) is 0.714. The van der Waals surface area contributed by atoms with E-state index in [1.807, 2.05) is 0 Å². The number of aliphatic hydroxyl groups excluding tert-OH is 1. The van der Waals surface area contributed by atoms with E-state index in [4.69, 9.17) is 5.11 Å². The molecule has 0 unspecified atom stereocenters. The fourth-order valence-electron chi connectivity index (χ4n) is 1.05. The average Bonchev–Trinajstić information content (AvgIpc) is 2.44. The first-order valence-electron chi connectivity index (χ1n) is 4.06. The molecule has 1 heterocycles. The summed E-state index contributed by atoms with van der Waals surface area (Å²) in [5.41, 5.74) is 0. The zero-order chi connectivity index (χ0) is 10.8. The fourth-order valence-corrected chi connectivity index (χ4v) is 1.05. The summed E-state index contributed by atoms with van der Waals surface area (Å²) in [7, 11) is 0. The molecule has 0 radical (unpaired) electrons. The van der Waals surface area contributed by atoms with Crippen LogP contribution in [0.25, 0.3) is 0 Å². The Bertz CT molecular complexity index is 308. The first kappa shape index (κ1) is 11.0. The molecular formula is C7H10F3N3O. The molecule has 0 aliphatic rings. The molecule has 7 heteroatoms. The third kappa shape index (κ3) is 2.69. The van der Waals surface area contributed by atoms with Crippen molar-refractivity contribution in [3.8, 4) is 0 Å². The largest absolute Gasteiger partial charge is 0.408 e. The summed E-state index contributed by atoms with van der Waals surface area (Å²) in [6, 6.07) is 0. The minimum atomic E-state index is -4.32. The quantitative estimate of drug-likeness (QED) is 0.804. The molecule has 0 aromatic carbocycles. The molecule has 0 amide bonds. The summed E-state index contributed by atoms with van der Waals surface area (Å²) in [5, 5.41) is 12.2. The molecule has 0 aliphatic heterocycles. The van der Waals surface area contributed by atoms with Crippen LogP contribution in [0, 0.1) is 0 Å². The van der Waals surface area contributed by atoms with Crippen LogP contribution in [0.15, 0.2) is 0 Å². The molecule has 0 saturated carbocycles. The number of rotatable bonds is 3. The van der Waals surface area contributed by atoms with Crippen LogP contribution in [-0.4, -0.2) is 26.0 Å². The van der Waals surface area contributed by atoms with E-state index in [9.17, 15) is 13.2 Å². The van der Waals surface area contributed by atoms with E-state index in [1.165, 1.54) is 0 Å². The molecule has 1 rings (SSSR count). The van der Waals surface area contributed by atoms with Crippen molar-refractivity contribution in [1.82, 2.24) is 14.8 Å². The lowest BCUT2D eigenvalue weighted by molar-refractivity contribution is -0.143. The molecule has 0 saturated heterocycles. The van der Waals surface area contributed by atoms with E-state index in [-0.39, 0.29) is 11.6 Å². The Morgan fingerprint density at radius 2 is 2.07 bits per heavy atom. The second-order valence-corrected chi connectivity index (χ2v) is 2.73. The summed E-state index contributed by atoms with van der Waals surface area (Å²) in [5.74, 6) is 0.248. The Balaban J connectivity index is 2.89. The maximum Gasteiger partial charge on any atom is 0.408 e. The molecule has 80 valence electrons. The van der Waals surface area contributed by atoms with Gasteiger partial charge in [0.2, 0.25) is 0 Å². The second-order valence-electron chi connectivity index (χ2n) is 2.73. The maximum atomic E-state index is 12.0. The van der Waals surface area contributed by atoms with Gasteiger partial charge in [0.05, 0.1) is 0 Å². The highest BCUT2D eigenvalue weighted by atomic mass is 19.4. The van der Waals surface area contributed by atoms with Gasteiger partial charge in [-0.15, -0.1) is 0 Å². The van der Waals surface area contributed by atoms with Crippen LogP contribution in [0.5, 0.6) is 0 Å². The van der Waals surface area contributed by atoms with Crippen LogP contribution in [-0.2, 0) is 19.6 Å². The molecule has 0 atom stereocenters. The minimum Gasteiger partial charge on any atom is -0.388 e. The predicted octanol–water partition coefficient (Wildman–Crippen LogP) is 0.895. The third-order valence-corrected chi connectivity index (χ3v) is 1.58. The first-order chi connectivity index (χ1) is 6.46. The molecular weight excluding hydrogens is 199 g/mol. The van der Waals surface area contributed by atoms with Crippen molar-refractivity contribution < 1.29 is 18.3 Å². The van der Waals surface area contributed by atoms with Crippen molar-refractivity contribution in [2.24, 2.45) is 0 Å². The van der Waals surface area contributed by atoms with E-state index in [1.54, 1.807) is 6.92 Å². The average molecular weight is 209 g/mol. The van der Waals surface area contributed by atoms with Crippen LogP contribution >= 0.6 is 0 Å². The Labute approximate surface area is 78.4 Å². The SMILES string of the molecule is CCc1nc(CO)nn1CC(F)(F)F. The number of aliphatic hydroxyl groups is 1. The van der Waals surface area contributed by atoms with Crippen LogP contribution in [0.3, 0.4) is 0 Å². The first-order valence-corrected chi connectivity index (χ1v) is 4.06. The van der Waals surface area contributed by atoms with Crippen LogP contribution < -0.4 is 0 Å². The molecule has 0 spiro atoms. The van der Waals surface area contributed by atoms with Crippen molar-refractivity contribution in [3.05, 3.63) is 11.6 Å². The number of halogens is 3. The number of alkyl halides is 3. The van der Waals surface area contributed by atoms with Gasteiger partial charge < -0.3 is 5.11 Å². The Morgan fingerprint density at radius 3 is 2.50 bits per heavy atom. The van der Waals surface area contributed by atoms with Crippen LogP contribution in [0.2, 0.25) is 0 Å². The Kier molecular flexibility index (Phi) is 3.10. The highest BCUT2D eigenvalue weighted by Crippen LogP contribution is 2.17. The molecule has 0 aliphatic carbocycles. The van der Waals surface area contributed by atoms with Gasteiger partial charge in [-0.1, -0.05) is 6.92 Å². The number of aryl methyl sites for hydroxylation is 1. The van der Waals surface area contributed by atoms with Crippen LogP contribution in [0.1, 0.15) is 18.6 Å². The lowest BCUT2D eigenvalue weighted by Crippen LogP contribution is -2.20. The monoisotopic (exact) mass is 209 g/mol. The minimum absolute atomic E-state index is 0.0195. The predicted molar refractivity (Wildman–Crippen MR) is 41.4 cm³/mol. The molecule has 1 aromatic heterocycles. The number of hydrogen-bond donors (Lipinski definition) is 1. The van der Waals surface area contributed by atoms with Gasteiger partial charge in [0.25, 0.3) is 0 Å². The number of hydrogen-bond acceptors (Lipinski definition) is 3. The third-order valence-electron chi connectivity index (χ3n) is 1.58. The van der Waals surface area contributed by atoms with Gasteiger partial charge in [-0.3, -0.25) is 0 Å². The van der Waals surface area contributed by atoms with E-state index >= 15 is 0 Å². The van der Waals surface area contributed by atoms with Crippen molar-refractivity contribution in [3.63, 3.8) is 0 Å². The molecule has 1 N–H and O–H groups in total. The van der Waals surface area contributed by atoms with E-state index < -0.39 is 19.3 Å². The van der Waals surface area contributed by atoms with E-state index in [2.05, 4.69) is 10.1 Å². The lowest BCUT2D eigenvalue weighted by Gasteiger charge is -2.07. The van der Waals surface area contributed by atoms with E-state index in [0.29, 0.717) is 6.42 Å². The summed E-state index contributed by atoms with van der Waals surface area (Å²) >= 11 is 0. The zero-order valence-corrected chi connectivity index (χ0v) is 7.54. The summed E-state index contributed by atoms with van der Waals surface area (Å²) in [6.45, 7) is 0.0685. The summed E-state index contributed by atoms with van der Waals surface area (Å²) in [4.78, 5) is 3.73. The van der Waals surface area contributed by atoms with Gasteiger partial charge in [0, 0.05) is 6.42 Å². The normalized spacial score (nSPS) is 12.1. The summed E-state index contributed by atoms with van der Waals surface area (Å²) < 4.78 is 36.8. The molecule has 4 nitrogen and oxygen atoms in total. The maximum absolute atomic E-state index is 12.0. The molecule has 1 aromatic rings. The van der Waals surface area contributed by atoms with Crippen molar-refractivity contribution in [2.75, 3.05) is 0 Å². The van der Waals surface area contributed by atoms with Crippen molar-refractivity contribution >= 4 is 0 Å². The molecule has 0 bridgehead atoms.